The number of anilines is 3. The molecule has 150 valence electrons. The molecular weight excluding hydrogens is 378 g/mol. The van der Waals surface area contributed by atoms with E-state index in [1.165, 1.54) is 12.4 Å². The van der Waals surface area contributed by atoms with Crippen molar-refractivity contribution in [3.05, 3.63) is 78.9 Å². The summed E-state index contributed by atoms with van der Waals surface area (Å²) in [6, 6.07) is 17.0. The van der Waals surface area contributed by atoms with Crippen LogP contribution >= 0.6 is 0 Å². The molecule has 4 aromatic rings. The third-order valence-electron chi connectivity index (χ3n) is 4.28. The minimum Gasteiger partial charge on any atom is -0.489 e. The number of amides is 1. The minimum absolute atomic E-state index is 0.00300. The van der Waals surface area contributed by atoms with Crippen LogP contribution in [-0.2, 0) is 0 Å². The number of fused-ring (bicyclic) bond motifs is 1. The summed E-state index contributed by atoms with van der Waals surface area (Å²) in [6.45, 7) is 3.86. The average Bonchev–Trinajstić information content (AvgIpc) is 2.75. The second-order valence-corrected chi connectivity index (χ2v) is 6.91. The molecule has 0 radical (unpaired) electrons. The van der Waals surface area contributed by atoms with Crippen molar-refractivity contribution in [2.24, 2.45) is 0 Å². The summed E-state index contributed by atoms with van der Waals surface area (Å²) in [5.41, 5.74) is 2.45. The Morgan fingerprint density at radius 1 is 0.900 bits per heavy atom. The lowest BCUT2D eigenvalue weighted by atomic mass is 10.2. The van der Waals surface area contributed by atoms with Gasteiger partial charge in [0.25, 0.3) is 5.91 Å². The fraction of sp³-hybridized carbons (Fsp3) is 0.130. The third-order valence-corrected chi connectivity index (χ3v) is 4.28. The van der Waals surface area contributed by atoms with Crippen molar-refractivity contribution in [2.75, 3.05) is 10.6 Å². The zero-order chi connectivity index (χ0) is 20.9. The number of hydrogen-bond acceptors (Lipinski definition) is 6. The maximum absolute atomic E-state index is 12.6. The Morgan fingerprint density at radius 3 is 2.50 bits per heavy atom. The zero-order valence-corrected chi connectivity index (χ0v) is 16.7. The van der Waals surface area contributed by atoms with Gasteiger partial charge in [0.05, 0.1) is 35.4 Å². The first-order valence-corrected chi connectivity index (χ1v) is 9.60. The topological polar surface area (TPSA) is 89.0 Å². The molecule has 2 aromatic carbocycles. The summed E-state index contributed by atoms with van der Waals surface area (Å²) in [7, 11) is 0. The Bertz CT molecular complexity index is 1170. The van der Waals surface area contributed by atoms with Crippen LogP contribution in [0, 0.1) is 0 Å². The summed E-state index contributed by atoms with van der Waals surface area (Å²) < 4.78 is 5.74. The Balaban J connectivity index is 1.49. The number of benzene rings is 2. The first kappa shape index (κ1) is 19.3. The molecule has 0 aliphatic carbocycles. The largest absolute Gasteiger partial charge is 0.489 e. The second-order valence-electron chi connectivity index (χ2n) is 6.91. The van der Waals surface area contributed by atoms with Gasteiger partial charge in [0.2, 0.25) is 0 Å². The van der Waals surface area contributed by atoms with E-state index >= 15 is 0 Å². The van der Waals surface area contributed by atoms with Crippen LogP contribution in [0.3, 0.4) is 0 Å². The van der Waals surface area contributed by atoms with Gasteiger partial charge in [-0.15, -0.1) is 0 Å². The number of para-hydroxylation sites is 3. The molecule has 0 fully saturated rings. The lowest BCUT2D eigenvalue weighted by Crippen LogP contribution is -2.16. The van der Waals surface area contributed by atoms with Crippen molar-refractivity contribution in [2.45, 2.75) is 20.0 Å². The number of nitrogens with zero attached hydrogens (tertiary/aromatic N) is 3. The predicted molar refractivity (Wildman–Crippen MR) is 117 cm³/mol. The van der Waals surface area contributed by atoms with E-state index in [2.05, 4.69) is 25.6 Å². The summed E-state index contributed by atoms with van der Waals surface area (Å²) >= 11 is 0. The van der Waals surface area contributed by atoms with E-state index in [1.54, 1.807) is 12.3 Å². The molecule has 0 saturated heterocycles. The highest BCUT2D eigenvalue weighted by Crippen LogP contribution is 2.26. The molecule has 0 spiro atoms. The maximum Gasteiger partial charge on any atom is 0.275 e. The molecule has 1 amide bonds. The molecular formula is C23H21N5O2. The molecule has 0 aliphatic heterocycles. The first-order valence-electron chi connectivity index (χ1n) is 9.60. The van der Waals surface area contributed by atoms with E-state index in [0.717, 1.165) is 16.6 Å². The monoisotopic (exact) mass is 399 g/mol. The first-order chi connectivity index (χ1) is 14.6. The normalized spacial score (nSPS) is 10.8. The van der Waals surface area contributed by atoms with Crippen LogP contribution in [0.15, 0.2) is 73.2 Å². The highest BCUT2D eigenvalue weighted by molar-refractivity contribution is 6.03. The molecule has 0 atom stereocenters. The number of carbonyl (C=O) groups excluding carboxylic acids is 1. The molecule has 2 heterocycles. The van der Waals surface area contributed by atoms with Crippen LogP contribution in [-0.4, -0.2) is 27.0 Å². The van der Waals surface area contributed by atoms with Gasteiger partial charge >= 0.3 is 0 Å². The van der Waals surface area contributed by atoms with E-state index < -0.39 is 0 Å². The molecule has 2 N–H and O–H groups in total. The summed E-state index contributed by atoms with van der Waals surface area (Å²) in [5, 5.41) is 7.06. The van der Waals surface area contributed by atoms with Crippen molar-refractivity contribution >= 4 is 34.0 Å². The van der Waals surface area contributed by atoms with Crippen molar-refractivity contribution in [1.29, 1.82) is 0 Å². The second kappa shape index (κ2) is 8.57. The molecule has 7 heteroatoms. The van der Waals surface area contributed by atoms with Gasteiger partial charge in [-0.2, -0.15) is 0 Å². The number of aromatic nitrogens is 3. The van der Waals surface area contributed by atoms with Crippen LogP contribution in [0.1, 0.15) is 24.3 Å². The molecule has 0 saturated carbocycles. The van der Waals surface area contributed by atoms with Gasteiger partial charge < -0.3 is 15.4 Å². The standard InChI is InChI=1S/C23H21N5O2/c1-15(2)30-20-11-4-3-9-17(20)28-23(29)19-13-26-21(14-25-19)27-18-10-5-7-16-8-6-12-24-22(16)18/h3-15H,1-2H3,(H,26,27)(H,28,29). The zero-order valence-electron chi connectivity index (χ0n) is 16.7. The van der Waals surface area contributed by atoms with Gasteiger partial charge in [-0.1, -0.05) is 30.3 Å². The van der Waals surface area contributed by atoms with Crippen molar-refractivity contribution in [3.63, 3.8) is 0 Å². The van der Waals surface area contributed by atoms with E-state index in [4.69, 9.17) is 4.74 Å². The molecule has 0 unspecified atom stereocenters. The number of ether oxygens (including phenoxy) is 1. The predicted octanol–water partition coefficient (Wildman–Crippen LogP) is 4.81. The Hall–Kier alpha value is -4.00. The molecule has 30 heavy (non-hydrogen) atoms. The highest BCUT2D eigenvalue weighted by Gasteiger charge is 2.13. The van der Waals surface area contributed by atoms with E-state index in [-0.39, 0.29) is 17.7 Å². The van der Waals surface area contributed by atoms with Crippen molar-refractivity contribution in [1.82, 2.24) is 15.0 Å². The van der Waals surface area contributed by atoms with Crippen molar-refractivity contribution < 1.29 is 9.53 Å². The van der Waals surface area contributed by atoms with Gasteiger partial charge in [0, 0.05) is 11.6 Å². The SMILES string of the molecule is CC(C)Oc1ccccc1NC(=O)c1cnc(Nc2cccc3cccnc23)cn1. The number of pyridine rings is 1. The highest BCUT2D eigenvalue weighted by atomic mass is 16.5. The fourth-order valence-electron chi connectivity index (χ4n) is 2.97. The quantitative estimate of drug-likeness (QED) is 0.484. The van der Waals surface area contributed by atoms with E-state index in [0.29, 0.717) is 17.3 Å². The summed E-state index contributed by atoms with van der Waals surface area (Å²) in [4.78, 5) is 25.6. The minimum atomic E-state index is -0.360. The van der Waals surface area contributed by atoms with Crippen LogP contribution < -0.4 is 15.4 Å². The van der Waals surface area contributed by atoms with E-state index in [9.17, 15) is 4.79 Å². The molecule has 2 aromatic heterocycles. The van der Waals surface area contributed by atoms with Gasteiger partial charge in [0.15, 0.2) is 0 Å². The van der Waals surface area contributed by atoms with Crippen LogP contribution in [0.5, 0.6) is 5.75 Å². The van der Waals surface area contributed by atoms with E-state index in [1.807, 2.05) is 62.4 Å². The number of rotatable bonds is 6. The van der Waals surface area contributed by atoms with Gasteiger partial charge in [-0.3, -0.25) is 9.78 Å². The van der Waals surface area contributed by atoms with Crippen LogP contribution in [0.2, 0.25) is 0 Å². The molecule has 7 nitrogen and oxygen atoms in total. The molecule has 0 aliphatic rings. The number of nitrogens with one attached hydrogen (secondary N) is 2. The number of carbonyl (C=O) groups is 1. The Kier molecular flexibility index (Phi) is 5.52. The molecule has 4 rings (SSSR count). The Labute approximate surface area is 174 Å². The van der Waals surface area contributed by atoms with Gasteiger partial charge in [0.1, 0.15) is 17.3 Å². The lowest BCUT2D eigenvalue weighted by Gasteiger charge is -2.14. The molecule has 0 bridgehead atoms. The average molecular weight is 399 g/mol. The third kappa shape index (κ3) is 4.35. The number of hydrogen-bond donors (Lipinski definition) is 2. The van der Waals surface area contributed by atoms with Gasteiger partial charge in [-0.05, 0) is 38.1 Å². The van der Waals surface area contributed by atoms with Gasteiger partial charge in [-0.25, -0.2) is 9.97 Å². The fourth-order valence-corrected chi connectivity index (χ4v) is 2.97. The lowest BCUT2D eigenvalue weighted by molar-refractivity contribution is 0.102. The summed E-state index contributed by atoms with van der Waals surface area (Å²) in [5.74, 6) is 0.768. The maximum atomic E-state index is 12.6. The smallest absolute Gasteiger partial charge is 0.275 e. The Morgan fingerprint density at radius 2 is 1.70 bits per heavy atom. The summed E-state index contributed by atoms with van der Waals surface area (Å²) in [6.07, 6.45) is 4.69. The van der Waals surface area contributed by atoms with Crippen LogP contribution in [0.4, 0.5) is 17.2 Å². The van der Waals surface area contributed by atoms with Crippen LogP contribution in [0.25, 0.3) is 10.9 Å². The van der Waals surface area contributed by atoms with Crippen molar-refractivity contribution in [3.8, 4) is 5.75 Å².